The monoisotopic (exact) mass is 460 g/mol. The molecule has 2 N–H and O–H groups in total. The van der Waals surface area contributed by atoms with Crippen LogP contribution in [-0.4, -0.2) is 41.8 Å². The van der Waals surface area contributed by atoms with Gasteiger partial charge in [0.05, 0.1) is 28.4 Å². The number of ether oxygens (including phenoxy) is 4. The van der Waals surface area contributed by atoms with E-state index in [0.29, 0.717) is 6.42 Å². The van der Waals surface area contributed by atoms with Crippen molar-refractivity contribution in [3.63, 3.8) is 0 Å². The molecule has 3 aromatic rings. The molecule has 1 heterocycles. The Kier molecular flexibility index (Phi) is 9.77. The number of nitrogens with two attached hydrogens (primary N) is 1. The van der Waals surface area contributed by atoms with Gasteiger partial charge in [0.2, 0.25) is 0 Å². The summed E-state index contributed by atoms with van der Waals surface area (Å²) in [4.78, 5) is 4.63. The van der Waals surface area contributed by atoms with E-state index in [2.05, 4.69) is 16.2 Å². The van der Waals surface area contributed by atoms with Crippen LogP contribution in [0, 0.1) is 0 Å². The van der Waals surface area contributed by atoms with E-state index < -0.39 is 10.9 Å². The van der Waals surface area contributed by atoms with Gasteiger partial charge in [0.15, 0.2) is 10.9 Å². The summed E-state index contributed by atoms with van der Waals surface area (Å²) in [7, 11) is 4.01. The number of thiol groups is 1. The summed E-state index contributed by atoms with van der Waals surface area (Å²) < 4.78 is 39.3. The second-order valence-corrected chi connectivity index (χ2v) is 7.17. The van der Waals surface area contributed by atoms with Crippen LogP contribution in [0.15, 0.2) is 54.7 Å². The van der Waals surface area contributed by atoms with Gasteiger partial charge < -0.3 is 18.9 Å². The number of nitrogens with zero attached hydrogens (tertiary/aromatic N) is 1. The lowest BCUT2D eigenvalue weighted by molar-refractivity contribution is 0.391. The quantitative estimate of drug-likeness (QED) is 0.498. The fourth-order valence-corrected chi connectivity index (χ4v) is 3.17. The van der Waals surface area contributed by atoms with Crippen LogP contribution in [0.4, 0.5) is 0 Å². The molecule has 0 atom stereocenters. The first-order valence-corrected chi connectivity index (χ1v) is 10.9. The van der Waals surface area contributed by atoms with Crippen molar-refractivity contribution >= 4 is 10.9 Å². The van der Waals surface area contributed by atoms with Crippen molar-refractivity contribution in [2.45, 2.75) is 12.8 Å². The molecule has 0 radical (unpaired) electrons. The number of hydrogen-bond acceptors (Lipinski definition) is 7. The molecule has 0 aliphatic rings. The van der Waals surface area contributed by atoms with Crippen LogP contribution in [0.3, 0.4) is 0 Å². The van der Waals surface area contributed by atoms with Gasteiger partial charge in [0.1, 0.15) is 23.0 Å². The Bertz CT molecular complexity index is 1020. The Morgan fingerprint density at radius 3 is 1.72 bits per heavy atom. The van der Waals surface area contributed by atoms with E-state index >= 15 is 0 Å². The average molecular weight is 461 g/mol. The summed E-state index contributed by atoms with van der Waals surface area (Å²) in [6, 6.07) is 15.8. The Morgan fingerprint density at radius 2 is 1.25 bits per heavy atom. The Morgan fingerprint density at radius 1 is 0.750 bits per heavy atom. The largest absolute Gasteiger partial charge is 0.497 e. The maximum absolute atomic E-state index is 8.81. The van der Waals surface area contributed by atoms with Crippen LogP contribution in [0.1, 0.15) is 22.4 Å². The zero-order valence-corrected chi connectivity index (χ0v) is 19.4. The molecular weight excluding hydrogens is 432 g/mol. The highest BCUT2D eigenvalue weighted by Gasteiger charge is 2.13. The predicted molar refractivity (Wildman–Crippen MR) is 123 cm³/mol. The number of rotatable bonds is 8. The molecule has 2 aromatic carbocycles. The maximum Gasteiger partial charge on any atom is 0.198 e. The minimum atomic E-state index is -2.62. The summed E-state index contributed by atoms with van der Waals surface area (Å²) >= 11 is 0. The predicted octanol–water partition coefficient (Wildman–Crippen LogP) is 2.77. The van der Waals surface area contributed by atoms with Crippen LogP contribution in [-0.2, 0) is 23.7 Å². The first-order chi connectivity index (χ1) is 15.4. The first-order valence-electron chi connectivity index (χ1n) is 9.65. The smallest absolute Gasteiger partial charge is 0.198 e. The molecule has 0 amide bonds. The maximum atomic E-state index is 8.81. The van der Waals surface area contributed by atoms with Crippen molar-refractivity contribution in [3.8, 4) is 23.0 Å². The zero-order valence-electron chi connectivity index (χ0n) is 18.5. The van der Waals surface area contributed by atoms with E-state index in [1.807, 2.05) is 48.7 Å². The van der Waals surface area contributed by atoms with Gasteiger partial charge in [0.25, 0.3) is 0 Å². The van der Waals surface area contributed by atoms with Gasteiger partial charge in [-0.1, -0.05) is 18.2 Å². The third-order valence-corrected chi connectivity index (χ3v) is 4.71. The van der Waals surface area contributed by atoms with Crippen molar-refractivity contribution in [1.29, 1.82) is 0 Å². The van der Waals surface area contributed by atoms with Crippen molar-refractivity contribution in [2.24, 2.45) is 5.14 Å². The highest BCUT2D eigenvalue weighted by molar-refractivity contribution is 7.69. The molecular formula is C23H28N2O6S. The number of methoxy groups -OCH3 is 4. The number of benzene rings is 2. The van der Waals surface area contributed by atoms with E-state index in [4.69, 9.17) is 27.4 Å². The zero-order chi connectivity index (χ0) is 23.5. The van der Waals surface area contributed by atoms with Crippen molar-refractivity contribution in [1.82, 2.24) is 4.98 Å². The molecule has 8 nitrogen and oxygen atoms in total. The van der Waals surface area contributed by atoms with Crippen molar-refractivity contribution in [3.05, 3.63) is 77.1 Å². The van der Waals surface area contributed by atoms with Gasteiger partial charge >= 0.3 is 0 Å². The topological polar surface area (TPSA) is 110 Å². The molecule has 0 aliphatic heterocycles. The van der Waals surface area contributed by atoms with Crippen LogP contribution >= 0.6 is 0 Å². The van der Waals surface area contributed by atoms with Crippen LogP contribution in [0.5, 0.6) is 23.0 Å². The lowest BCUT2D eigenvalue weighted by Crippen LogP contribution is -2.03. The van der Waals surface area contributed by atoms with E-state index in [9.17, 15) is 0 Å². The summed E-state index contributed by atoms with van der Waals surface area (Å²) in [5, 5.41) is 4.06. The van der Waals surface area contributed by atoms with E-state index in [-0.39, 0.29) is 0 Å². The van der Waals surface area contributed by atoms with Crippen LogP contribution < -0.4 is 24.1 Å². The van der Waals surface area contributed by atoms with Gasteiger partial charge in [-0.3, -0.25) is 4.98 Å². The fraction of sp³-hybridized carbons (Fsp3) is 0.261. The summed E-state index contributed by atoms with van der Waals surface area (Å²) in [6.07, 6.45) is 3.21. The second kappa shape index (κ2) is 12.5. The average Bonchev–Trinajstić information content (AvgIpc) is 2.80. The standard InChI is InChI=1S/C23H25NO4.H3NO2S/c1-25-19-9-7-17(22(14-19)27-3)12-16-6-5-11-24-21(16)13-18-8-10-20(26-2)15-23(18)28-4;1-4(2)3/h5-11,14-15H,12-13H2,1-4H3;4H,(H2,1,2,3). The normalized spacial score (nSPS) is 10.2. The van der Waals surface area contributed by atoms with Crippen LogP contribution in [0.2, 0.25) is 0 Å². The Balaban J connectivity index is 0.000000837. The Hall–Kier alpha value is -3.30. The molecule has 32 heavy (non-hydrogen) atoms. The number of hydrogen-bond donors (Lipinski definition) is 2. The third kappa shape index (κ3) is 7.14. The lowest BCUT2D eigenvalue weighted by atomic mass is 9.98. The van der Waals surface area contributed by atoms with Gasteiger partial charge in [-0.15, -0.1) is 0 Å². The minimum absolute atomic E-state index is 0.668. The van der Waals surface area contributed by atoms with E-state index in [1.54, 1.807) is 28.4 Å². The molecule has 0 unspecified atom stereocenters. The highest BCUT2D eigenvalue weighted by atomic mass is 32.2. The molecule has 9 heteroatoms. The molecule has 0 saturated heterocycles. The number of aromatic nitrogens is 1. The van der Waals surface area contributed by atoms with Crippen molar-refractivity contribution < 1.29 is 27.4 Å². The molecule has 0 bridgehead atoms. The van der Waals surface area contributed by atoms with Gasteiger partial charge in [-0.2, -0.15) is 0 Å². The molecule has 3 rings (SSSR count). The molecule has 172 valence electrons. The SMILES string of the molecule is COc1ccc(Cc2cccnc2Cc2ccc(OC)cc2OC)c(OC)c1.N[SH](=O)=O. The molecule has 0 saturated carbocycles. The molecule has 0 fully saturated rings. The second-order valence-electron chi connectivity index (χ2n) is 6.60. The lowest BCUT2D eigenvalue weighted by Gasteiger charge is -2.14. The third-order valence-electron chi connectivity index (χ3n) is 4.71. The molecule has 1 aromatic heterocycles. The summed E-state index contributed by atoms with van der Waals surface area (Å²) in [5.41, 5.74) is 4.29. The van der Waals surface area contributed by atoms with Crippen LogP contribution in [0.25, 0.3) is 0 Å². The van der Waals surface area contributed by atoms with Gasteiger partial charge in [0, 0.05) is 42.4 Å². The first kappa shape index (κ1) is 25.0. The Labute approximate surface area is 190 Å². The minimum Gasteiger partial charge on any atom is -0.497 e. The number of pyridine rings is 1. The molecule has 0 spiro atoms. The van der Waals surface area contributed by atoms with E-state index in [0.717, 1.165) is 51.8 Å². The van der Waals surface area contributed by atoms with Gasteiger partial charge in [-0.05, 0) is 29.3 Å². The fourth-order valence-electron chi connectivity index (χ4n) is 3.17. The van der Waals surface area contributed by atoms with Crippen molar-refractivity contribution in [2.75, 3.05) is 28.4 Å². The molecule has 0 aliphatic carbocycles. The van der Waals surface area contributed by atoms with Gasteiger partial charge in [-0.25, -0.2) is 13.6 Å². The van der Waals surface area contributed by atoms with E-state index in [1.165, 1.54) is 0 Å². The summed E-state index contributed by atoms with van der Waals surface area (Å²) in [5.74, 6) is 3.13. The summed E-state index contributed by atoms with van der Waals surface area (Å²) in [6.45, 7) is 0. The highest BCUT2D eigenvalue weighted by Crippen LogP contribution is 2.30.